The Bertz CT molecular complexity index is 771. The van der Waals surface area contributed by atoms with Crippen molar-refractivity contribution in [3.63, 3.8) is 0 Å². The highest BCUT2D eigenvalue weighted by Crippen LogP contribution is 2.69. The third-order valence-electron chi connectivity index (χ3n) is 13.4. The van der Waals surface area contributed by atoms with Crippen LogP contribution in [0.5, 0.6) is 0 Å². The van der Waals surface area contributed by atoms with E-state index in [1.165, 1.54) is 44.9 Å². The van der Waals surface area contributed by atoms with E-state index in [2.05, 4.69) is 60.5 Å². The van der Waals surface area contributed by atoms with Gasteiger partial charge in [0.15, 0.2) is 0 Å². The molecule has 4 heteroatoms. The van der Waals surface area contributed by atoms with E-state index in [4.69, 9.17) is 0 Å². The van der Waals surface area contributed by atoms with Gasteiger partial charge in [0.1, 0.15) is 0 Å². The molecule has 0 radical (unpaired) electrons. The van der Waals surface area contributed by atoms with Crippen molar-refractivity contribution in [3.8, 4) is 0 Å². The van der Waals surface area contributed by atoms with E-state index in [0.717, 1.165) is 12.8 Å². The van der Waals surface area contributed by atoms with E-state index >= 15 is 0 Å². The van der Waals surface area contributed by atoms with Gasteiger partial charge in [-0.05, 0) is 99.5 Å². The second-order valence-corrected chi connectivity index (χ2v) is 15.3. The van der Waals surface area contributed by atoms with E-state index < -0.39 is 12.2 Å². The molecule has 37 heavy (non-hydrogen) atoms. The molecule has 4 aliphatic rings. The Morgan fingerprint density at radius 3 is 2.22 bits per heavy atom. The minimum Gasteiger partial charge on any atom is -0.393 e. The summed E-state index contributed by atoms with van der Waals surface area (Å²) in [5, 5.41) is 34.9. The van der Waals surface area contributed by atoms with Crippen molar-refractivity contribution in [3.05, 3.63) is 0 Å². The molecule has 0 aromatic heterocycles. The molecule has 4 aliphatic carbocycles. The van der Waals surface area contributed by atoms with E-state index in [9.17, 15) is 15.3 Å². The molecule has 4 nitrogen and oxygen atoms in total. The topological polar surface area (TPSA) is 63.9 Å². The molecule has 12 unspecified atom stereocenters. The number of hydrogen-bond donors (Lipinski definition) is 3. The van der Waals surface area contributed by atoms with Crippen LogP contribution in [0.25, 0.3) is 0 Å². The Morgan fingerprint density at radius 2 is 1.62 bits per heavy atom. The first-order chi connectivity index (χ1) is 17.3. The van der Waals surface area contributed by atoms with Crippen molar-refractivity contribution >= 4 is 0 Å². The lowest BCUT2D eigenvalue weighted by Crippen LogP contribution is -2.69. The maximum atomic E-state index is 12.3. The minimum absolute atomic E-state index is 0.0278. The second-order valence-electron chi connectivity index (χ2n) is 15.3. The standard InChI is InChI=1S/C33H61NO3/c1-10-11-12-13-14-23-16-26(34(8)9)25-15-24-18-32(6)17-19(2)27(22(5)35)31(37)33(32,7)21(4)29(24)30(36)28(25)20(23)3/h19-31,35-37H,10-18H2,1-9H3/t19?,20?,21?,22?,23?,24-,25?,26?,27?,28?,29?,30?,31?,32+,33+/m0/s1. The quantitative estimate of drug-likeness (QED) is 0.349. The fraction of sp³-hybridized carbons (Fsp3) is 1.00. The summed E-state index contributed by atoms with van der Waals surface area (Å²) in [6.45, 7) is 15.9. The summed E-state index contributed by atoms with van der Waals surface area (Å²) in [4.78, 5) is 2.48. The van der Waals surface area contributed by atoms with Gasteiger partial charge in [0.2, 0.25) is 0 Å². The second kappa shape index (κ2) is 11.0. The third-order valence-corrected chi connectivity index (χ3v) is 13.4. The number of aliphatic hydroxyl groups is 3. The van der Waals surface area contributed by atoms with Gasteiger partial charge in [-0.3, -0.25) is 0 Å². The maximum Gasteiger partial charge on any atom is 0.0656 e. The average Bonchev–Trinajstić information content (AvgIpc) is 2.80. The van der Waals surface area contributed by atoms with E-state index in [1.807, 2.05) is 6.92 Å². The zero-order valence-corrected chi connectivity index (χ0v) is 25.7. The number of hydrogen-bond acceptors (Lipinski definition) is 4. The van der Waals surface area contributed by atoms with Gasteiger partial charge in [-0.25, -0.2) is 0 Å². The molecule has 0 amide bonds. The van der Waals surface area contributed by atoms with Crippen molar-refractivity contribution in [2.45, 2.75) is 131 Å². The molecule has 4 fully saturated rings. The van der Waals surface area contributed by atoms with E-state index in [0.29, 0.717) is 41.5 Å². The molecule has 0 aliphatic heterocycles. The number of rotatable bonds is 7. The normalized spacial score (nSPS) is 52.8. The maximum absolute atomic E-state index is 12.3. The molecule has 4 saturated carbocycles. The first kappa shape index (κ1) is 29.8. The molecule has 3 N–H and O–H groups in total. The minimum atomic E-state index is -0.535. The summed E-state index contributed by atoms with van der Waals surface area (Å²) >= 11 is 0. The summed E-state index contributed by atoms with van der Waals surface area (Å²) < 4.78 is 0. The molecule has 4 rings (SSSR count). The number of aliphatic hydroxyl groups excluding tert-OH is 3. The summed E-state index contributed by atoms with van der Waals surface area (Å²) in [7, 11) is 4.53. The predicted octanol–water partition coefficient (Wildman–Crippen LogP) is 6.22. The van der Waals surface area contributed by atoms with Crippen molar-refractivity contribution in [2.75, 3.05) is 14.1 Å². The van der Waals surface area contributed by atoms with Crippen LogP contribution in [0.2, 0.25) is 0 Å². The highest BCUT2D eigenvalue weighted by atomic mass is 16.3. The Morgan fingerprint density at radius 1 is 0.946 bits per heavy atom. The number of unbranched alkanes of at least 4 members (excludes halogenated alkanes) is 3. The molecule has 0 aromatic carbocycles. The van der Waals surface area contributed by atoms with Gasteiger partial charge in [0, 0.05) is 17.4 Å². The molecular weight excluding hydrogens is 458 g/mol. The third kappa shape index (κ3) is 4.76. The van der Waals surface area contributed by atoms with Crippen LogP contribution in [0.4, 0.5) is 0 Å². The molecule has 0 spiro atoms. The molecule has 216 valence electrons. The molecule has 0 heterocycles. The molecular formula is C33H61NO3. The van der Waals surface area contributed by atoms with E-state index in [1.54, 1.807) is 0 Å². The predicted molar refractivity (Wildman–Crippen MR) is 153 cm³/mol. The monoisotopic (exact) mass is 519 g/mol. The smallest absolute Gasteiger partial charge is 0.0656 e. The fourth-order valence-electron chi connectivity index (χ4n) is 11.3. The highest BCUT2D eigenvalue weighted by molar-refractivity contribution is 5.16. The van der Waals surface area contributed by atoms with E-state index in [-0.39, 0.29) is 34.7 Å². The van der Waals surface area contributed by atoms with Crippen LogP contribution >= 0.6 is 0 Å². The fourth-order valence-corrected chi connectivity index (χ4v) is 11.3. The molecule has 0 saturated heterocycles. The summed E-state index contributed by atoms with van der Waals surface area (Å²) in [5.41, 5.74) is -0.269. The van der Waals surface area contributed by atoms with Gasteiger partial charge in [0.05, 0.1) is 18.3 Å². The van der Waals surface area contributed by atoms with Crippen molar-refractivity contribution in [1.82, 2.24) is 4.90 Å². The SMILES string of the molecule is CCCCCCC1CC(N(C)C)C2C[C@H]3C[C@@]4(C)CC(C)C(C(C)O)C(O)[C@@]4(C)C(C)C3C(O)C2C1C. The summed E-state index contributed by atoms with van der Waals surface area (Å²) in [6.07, 6.45) is 9.89. The lowest BCUT2D eigenvalue weighted by molar-refractivity contribution is -0.259. The highest BCUT2D eigenvalue weighted by Gasteiger charge is 2.67. The summed E-state index contributed by atoms with van der Waals surface area (Å²) in [5.74, 6) is 3.34. The van der Waals surface area contributed by atoms with Gasteiger partial charge < -0.3 is 20.2 Å². The lowest BCUT2D eigenvalue weighted by Gasteiger charge is -2.69. The number of nitrogens with zero attached hydrogens (tertiary/aromatic N) is 1. The van der Waals surface area contributed by atoms with Gasteiger partial charge in [-0.15, -0.1) is 0 Å². The first-order valence-corrected chi connectivity index (χ1v) is 16.0. The summed E-state index contributed by atoms with van der Waals surface area (Å²) in [6, 6.07) is 0.555. The zero-order chi connectivity index (χ0) is 27.4. The van der Waals surface area contributed by atoms with Crippen LogP contribution in [0, 0.1) is 64.1 Å². The average molecular weight is 520 g/mol. The van der Waals surface area contributed by atoms with Crippen LogP contribution < -0.4 is 0 Å². The van der Waals surface area contributed by atoms with Gasteiger partial charge >= 0.3 is 0 Å². The van der Waals surface area contributed by atoms with Gasteiger partial charge in [-0.1, -0.05) is 73.6 Å². The first-order valence-electron chi connectivity index (χ1n) is 16.0. The molecule has 0 bridgehead atoms. The van der Waals surface area contributed by atoms with Crippen LogP contribution in [0.3, 0.4) is 0 Å². The van der Waals surface area contributed by atoms with Crippen LogP contribution in [0.1, 0.15) is 106 Å². The number of fused-ring (bicyclic) bond motifs is 3. The Hall–Kier alpha value is -0.160. The largest absolute Gasteiger partial charge is 0.393 e. The van der Waals surface area contributed by atoms with Crippen LogP contribution in [0.15, 0.2) is 0 Å². The zero-order valence-electron chi connectivity index (χ0n) is 25.7. The van der Waals surface area contributed by atoms with Crippen LogP contribution in [-0.4, -0.2) is 58.7 Å². The Kier molecular flexibility index (Phi) is 8.88. The molecule has 0 aromatic rings. The lowest BCUT2D eigenvalue weighted by atomic mass is 9.37. The molecule has 15 atom stereocenters. The van der Waals surface area contributed by atoms with Crippen molar-refractivity contribution < 1.29 is 15.3 Å². The Balaban J connectivity index is 1.65. The van der Waals surface area contributed by atoms with Gasteiger partial charge in [0.25, 0.3) is 0 Å². The van der Waals surface area contributed by atoms with Crippen molar-refractivity contribution in [2.24, 2.45) is 64.1 Å². The van der Waals surface area contributed by atoms with Crippen LogP contribution in [-0.2, 0) is 0 Å². The van der Waals surface area contributed by atoms with Crippen molar-refractivity contribution in [1.29, 1.82) is 0 Å². The Labute approximate surface area is 229 Å². The van der Waals surface area contributed by atoms with Gasteiger partial charge in [-0.2, -0.15) is 0 Å².